The summed E-state index contributed by atoms with van der Waals surface area (Å²) in [5.74, 6) is 0.816. The second kappa shape index (κ2) is 4.98. The molecular weight excluding hydrogens is 230 g/mol. The van der Waals surface area contributed by atoms with Crippen LogP contribution < -0.4 is 9.64 Å². The molecule has 4 nitrogen and oxygen atoms in total. The van der Waals surface area contributed by atoms with Crippen molar-refractivity contribution in [2.75, 3.05) is 11.4 Å². The van der Waals surface area contributed by atoms with Crippen molar-refractivity contribution in [1.29, 1.82) is 0 Å². The molecule has 1 unspecified atom stereocenters. The average molecular weight is 249 g/mol. The molecule has 2 rings (SSSR count). The van der Waals surface area contributed by atoms with E-state index < -0.39 is 6.10 Å². The van der Waals surface area contributed by atoms with Crippen LogP contribution in [0.3, 0.4) is 0 Å². The molecule has 1 aromatic rings. The van der Waals surface area contributed by atoms with E-state index in [0.717, 1.165) is 11.3 Å². The minimum atomic E-state index is -0.439. The summed E-state index contributed by atoms with van der Waals surface area (Å²) in [6.07, 6.45) is -0.439. The third-order valence-electron chi connectivity index (χ3n) is 3.18. The van der Waals surface area contributed by atoms with Gasteiger partial charge in [0.05, 0.1) is 12.3 Å². The fourth-order valence-electron chi connectivity index (χ4n) is 2.18. The molecule has 0 bridgehead atoms. The quantitative estimate of drug-likeness (QED) is 0.890. The molecule has 1 aromatic carbocycles. The number of hydrogen-bond acceptors (Lipinski definition) is 3. The summed E-state index contributed by atoms with van der Waals surface area (Å²) in [7, 11) is 0. The fourth-order valence-corrected chi connectivity index (χ4v) is 2.18. The molecule has 98 valence electrons. The number of aliphatic hydroxyl groups excluding tert-OH is 1. The molecule has 1 heterocycles. The standard InChI is InChI=1S/C14H19NO3/c1-4-15-11-6-5-10(8-16)7-12(11)18-13(9(2)3)14(15)17/h5-7,9,13,16H,4,8H2,1-3H3. The van der Waals surface area contributed by atoms with Gasteiger partial charge >= 0.3 is 0 Å². The van der Waals surface area contributed by atoms with Crippen molar-refractivity contribution < 1.29 is 14.6 Å². The molecule has 0 aliphatic carbocycles. The predicted octanol–water partition coefficient (Wildman–Crippen LogP) is 1.95. The van der Waals surface area contributed by atoms with Crippen LogP contribution in [0.4, 0.5) is 5.69 Å². The highest BCUT2D eigenvalue weighted by atomic mass is 16.5. The molecule has 0 fully saturated rings. The van der Waals surface area contributed by atoms with Crippen LogP contribution in [0.15, 0.2) is 18.2 Å². The number of benzene rings is 1. The summed E-state index contributed by atoms with van der Waals surface area (Å²) in [5, 5.41) is 9.15. The van der Waals surface area contributed by atoms with Gasteiger partial charge in [0.2, 0.25) is 0 Å². The van der Waals surface area contributed by atoms with Crippen molar-refractivity contribution in [3.63, 3.8) is 0 Å². The number of carbonyl (C=O) groups is 1. The average Bonchev–Trinajstić information content (AvgIpc) is 2.37. The molecule has 0 saturated heterocycles. The van der Waals surface area contributed by atoms with Gasteiger partial charge in [0.15, 0.2) is 6.10 Å². The Kier molecular flexibility index (Phi) is 3.57. The maximum atomic E-state index is 12.3. The lowest BCUT2D eigenvalue weighted by molar-refractivity contribution is -0.128. The second-order valence-electron chi connectivity index (χ2n) is 4.83. The van der Waals surface area contributed by atoms with E-state index in [9.17, 15) is 4.79 Å². The lowest BCUT2D eigenvalue weighted by atomic mass is 10.0. The first kappa shape index (κ1) is 12.9. The molecule has 0 radical (unpaired) electrons. The largest absolute Gasteiger partial charge is 0.478 e. The first-order chi connectivity index (χ1) is 8.58. The van der Waals surface area contributed by atoms with Crippen LogP contribution in [0, 0.1) is 5.92 Å². The van der Waals surface area contributed by atoms with Crippen molar-refractivity contribution in [1.82, 2.24) is 0 Å². The van der Waals surface area contributed by atoms with Crippen LogP contribution in [0.25, 0.3) is 0 Å². The number of hydrogen-bond donors (Lipinski definition) is 1. The molecule has 18 heavy (non-hydrogen) atoms. The molecule has 4 heteroatoms. The highest BCUT2D eigenvalue weighted by Crippen LogP contribution is 2.36. The number of fused-ring (bicyclic) bond motifs is 1. The van der Waals surface area contributed by atoms with Crippen LogP contribution in [0.1, 0.15) is 26.3 Å². The van der Waals surface area contributed by atoms with Crippen molar-refractivity contribution in [2.24, 2.45) is 5.92 Å². The monoisotopic (exact) mass is 249 g/mol. The number of amides is 1. The normalized spacial score (nSPS) is 18.8. The smallest absolute Gasteiger partial charge is 0.268 e. The summed E-state index contributed by atoms with van der Waals surface area (Å²) in [5.41, 5.74) is 1.58. The van der Waals surface area contributed by atoms with Crippen LogP contribution in [-0.2, 0) is 11.4 Å². The zero-order chi connectivity index (χ0) is 13.3. The van der Waals surface area contributed by atoms with E-state index in [2.05, 4.69) is 0 Å². The molecule has 1 atom stereocenters. The van der Waals surface area contributed by atoms with E-state index in [0.29, 0.717) is 12.3 Å². The number of ether oxygens (including phenoxy) is 1. The summed E-state index contributed by atoms with van der Waals surface area (Å²) in [4.78, 5) is 14.0. The van der Waals surface area contributed by atoms with Crippen LogP contribution in [0.5, 0.6) is 5.75 Å². The van der Waals surface area contributed by atoms with Gasteiger partial charge in [-0.25, -0.2) is 0 Å². The van der Waals surface area contributed by atoms with Gasteiger partial charge in [-0.05, 0) is 30.5 Å². The summed E-state index contributed by atoms with van der Waals surface area (Å²) in [6, 6.07) is 5.45. The van der Waals surface area contributed by atoms with Crippen molar-refractivity contribution in [2.45, 2.75) is 33.5 Å². The van der Waals surface area contributed by atoms with E-state index in [1.807, 2.05) is 32.9 Å². The number of nitrogens with zero attached hydrogens (tertiary/aromatic N) is 1. The van der Waals surface area contributed by atoms with Gasteiger partial charge in [0.25, 0.3) is 5.91 Å². The van der Waals surface area contributed by atoms with Gasteiger partial charge in [0.1, 0.15) is 5.75 Å². The lowest BCUT2D eigenvalue weighted by Gasteiger charge is -2.35. The zero-order valence-corrected chi connectivity index (χ0v) is 11.0. The maximum absolute atomic E-state index is 12.3. The van der Waals surface area contributed by atoms with Crippen LogP contribution >= 0.6 is 0 Å². The topological polar surface area (TPSA) is 49.8 Å². The first-order valence-corrected chi connectivity index (χ1v) is 6.30. The fraction of sp³-hybridized carbons (Fsp3) is 0.500. The van der Waals surface area contributed by atoms with Gasteiger partial charge in [-0.3, -0.25) is 4.79 Å². The predicted molar refractivity (Wildman–Crippen MR) is 69.6 cm³/mol. The zero-order valence-electron chi connectivity index (χ0n) is 11.0. The summed E-state index contributed by atoms with van der Waals surface area (Å²) < 4.78 is 5.78. The Morgan fingerprint density at radius 1 is 1.44 bits per heavy atom. The maximum Gasteiger partial charge on any atom is 0.268 e. The number of anilines is 1. The minimum absolute atomic E-state index is 0.0109. The molecule has 0 aromatic heterocycles. The van der Waals surface area contributed by atoms with E-state index in [-0.39, 0.29) is 18.4 Å². The molecule has 1 aliphatic rings. The van der Waals surface area contributed by atoms with Crippen LogP contribution in [0.2, 0.25) is 0 Å². The van der Waals surface area contributed by atoms with Gasteiger partial charge in [0, 0.05) is 6.54 Å². The molecule has 0 spiro atoms. The Bertz CT molecular complexity index is 456. The summed E-state index contributed by atoms with van der Waals surface area (Å²) in [6.45, 7) is 6.48. The SMILES string of the molecule is CCN1C(=O)C(C(C)C)Oc2cc(CO)ccc21. The Hall–Kier alpha value is -1.55. The lowest BCUT2D eigenvalue weighted by Crippen LogP contribution is -2.48. The number of aliphatic hydroxyl groups is 1. The van der Waals surface area contributed by atoms with Crippen LogP contribution in [-0.4, -0.2) is 23.7 Å². The minimum Gasteiger partial charge on any atom is -0.478 e. The van der Waals surface area contributed by atoms with Gasteiger partial charge in [-0.2, -0.15) is 0 Å². The Balaban J connectivity index is 2.45. The van der Waals surface area contributed by atoms with E-state index in [1.165, 1.54) is 0 Å². The molecule has 1 aliphatic heterocycles. The van der Waals surface area contributed by atoms with Gasteiger partial charge in [-0.1, -0.05) is 19.9 Å². The third kappa shape index (κ3) is 2.08. The number of likely N-dealkylation sites (N-methyl/N-ethyl adjacent to an activating group) is 1. The van der Waals surface area contributed by atoms with Crippen molar-refractivity contribution in [3.8, 4) is 5.75 Å². The Morgan fingerprint density at radius 2 is 2.17 bits per heavy atom. The van der Waals surface area contributed by atoms with Crippen molar-refractivity contribution in [3.05, 3.63) is 23.8 Å². The highest BCUT2D eigenvalue weighted by molar-refractivity contribution is 6.00. The van der Waals surface area contributed by atoms with E-state index in [4.69, 9.17) is 9.84 Å². The summed E-state index contributed by atoms with van der Waals surface area (Å²) >= 11 is 0. The Labute approximate surface area is 107 Å². The molecular formula is C14H19NO3. The van der Waals surface area contributed by atoms with E-state index in [1.54, 1.807) is 11.0 Å². The number of rotatable bonds is 3. The number of carbonyl (C=O) groups excluding carboxylic acids is 1. The second-order valence-corrected chi connectivity index (χ2v) is 4.83. The van der Waals surface area contributed by atoms with E-state index >= 15 is 0 Å². The highest BCUT2D eigenvalue weighted by Gasteiger charge is 2.35. The third-order valence-corrected chi connectivity index (χ3v) is 3.18. The van der Waals surface area contributed by atoms with Gasteiger partial charge in [-0.15, -0.1) is 0 Å². The van der Waals surface area contributed by atoms with Gasteiger partial charge < -0.3 is 14.7 Å². The molecule has 1 amide bonds. The molecule has 1 N–H and O–H groups in total. The first-order valence-electron chi connectivity index (χ1n) is 6.30. The molecule has 0 saturated carbocycles. The van der Waals surface area contributed by atoms with Crippen molar-refractivity contribution >= 4 is 11.6 Å². The Morgan fingerprint density at radius 3 is 2.72 bits per heavy atom.